The number of allylic oxidation sites excluding steroid dienone is 1. The zero-order chi connectivity index (χ0) is 20.8. The van der Waals surface area contributed by atoms with Gasteiger partial charge in [0.1, 0.15) is 16.6 Å². The fourth-order valence-corrected chi connectivity index (χ4v) is 3.64. The molecule has 3 rings (SSSR count). The molecule has 1 heterocycles. The standard InChI is InChI=1S/C23H22N4OS/c1-15(2)11-16-3-5-17(6-4-16)21-14-29-23(27-21)19(12-24)13-26-20-9-7-18(8-10-20)22(25)28/h3-10,13-15,26H,11H2,1-2H3,(H2,25,28)/b19-13+. The van der Waals surface area contributed by atoms with Crippen molar-refractivity contribution >= 4 is 28.5 Å². The molecule has 0 aliphatic heterocycles. The van der Waals surface area contributed by atoms with Gasteiger partial charge in [-0.3, -0.25) is 4.79 Å². The van der Waals surface area contributed by atoms with Crippen molar-refractivity contribution in [1.29, 1.82) is 5.26 Å². The van der Waals surface area contributed by atoms with E-state index in [1.54, 1.807) is 30.5 Å². The van der Waals surface area contributed by atoms with Gasteiger partial charge in [0.15, 0.2) is 0 Å². The van der Waals surface area contributed by atoms with Crippen LogP contribution in [0, 0.1) is 17.2 Å². The van der Waals surface area contributed by atoms with E-state index in [0.29, 0.717) is 22.1 Å². The highest BCUT2D eigenvalue weighted by molar-refractivity contribution is 7.11. The second-order valence-corrected chi connectivity index (χ2v) is 7.95. The highest BCUT2D eigenvalue weighted by Crippen LogP contribution is 2.26. The smallest absolute Gasteiger partial charge is 0.248 e. The Hall–Kier alpha value is -3.43. The number of anilines is 1. The van der Waals surface area contributed by atoms with Gasteiger partial charge in [-0.25, -0.2) is 4.98 Å². The van der Waals surface area contributed by atoms with E-state index >= 15 is 0 Å². The maximum Gasteiger partial charge on any atom is 0.248 e. The molecule has 146 valence electrons. The zero-order valence-corrected chi connectivity index (χ0v) is 17.2. The van der Waals surface area contributed by atoms with Gasteiger partial charge in [-0.1, -0.05) is 38.1 Å². The number of carbonyl (C=O) groups excluding carboxylic acids is 1. The fourth-order valence-electron chi connectivity index (χ4n) is 2.84. The number of nitriles is 1. The van der Waals surface area contributed by atoms with Crippen LogP contribution in [0.5, 0.6) is 0 Å². The molecule has 0 fully saturated rings. The van der Waals surface area contributed by atoms with Crippen molar-refractivity contribution in [3.05, 3.63) is 76.2 Å². The average molecular weight is 403 g/mol. The summed E-state index contributed by atoms with van der Waals surface area (Å²) < 4.78 is 0. The van der Waals surface area contributed by atoms with Crippen LogP contribution >= 0.6 is 11.3 Å². The summed E-state index contributed by atoms with van der Waals surface area (Å²) in [6.45, 7) is 4.41. The quantitative estimate of drug-likeness (QED) is 0.539. The first-order valence-corrected chi connectivity index (χ1v) is 10.2. The van der Waals surface area contributed by atoms with Gasteiger partial charge in [-0.2, -0.15) is 5.26 Å². The normalized spacial score (nSPS) is 11.3. The van der Waals surface area contributed by atoms with E-state index in [0.717, 1.165) is 23.4 Å². The molecule has 0 bridgehead atoms. The third-order valence-corrected chi connectivity index (χ3v) is 5.18. The van der Waals surface area contributed by atoms with E-state index in [-0.39, 0.29) is 0 Å². The van der Waals surface area contributed by atoms with Gasteiger partial charge < -0.3 is 11.1 Å². The number of nitrogens with two attached hydrogens (primary N) is 1. The van der Waals surface area contributed by atoms with Crippen molar-refractivity contribution in [3.8, 4) is 17.3 Å². The van der Waals surface area contributed by atoms with Crippen LogP contribution in [-0.2, 0) is 6.42 Å². The number of hydrogen-bond donors (Lipinski definition) is 2. The Morgan fingerprint density at radius 2 is 1.90 bits per heavy atom. The molecule has 3 N–H and O–H groups in total. The van der Waals surface area contributed by atoms with Gasteiger partial charge in [0.25, 0.3) is 0 Å². The van der Waals surface area contributed by atoms with Crippen LogP contribution in [0.15, 0.2) is 60.1 Å². The summed E-state index contributed by atoms with van der Waals surface area (Å²) in [4.78, 5) is 15.8. The van der Waals surface area contributed by atoms with Crippen LogP contribution in [0.2, 0.25) is 0 Å². The summed E-state index contributed by atoms with van der Waals surface area (Å²) in [6.07, 6.45) is 2.67. The average Bonchev–Trinajstić information content (AvgIpc) is 3.19. The van der Waals surface area contributed by atoms with Crippen LogP contribution in [0.1, 0.15) is 34.8 Å². The number of hydrogen-bond acceptors (Lipinski definition) is 5. The number of carbonyl (C=O) groups is 1. The van der Waals surface area contributed by atoms with Crippen LogP contribution < -0.4 is 11.1 Å². The summed E-state index contributed by atoms with van der Waals surface area (Å²) in [6, 6.07) is 17.3. The Kier molecular flexibility index (Phi) is 6.43. The largest absolute Gasteiger partial charge is 0.366 e. The summed E-state index contributed by atoms with van der Waals surface area (Å²) in [5.74, 6) is 0.145. The van der Waals surface area contributed by atoms with Gasteiger partial charge in [0.05, 0.1) is 5.69 Å². The maximum absolute atomic E-state index is 11.1. The number of benzene rings is 2. The van der Waals surface area contributed by atoms with Crippen molar-refractivity contribution in [3.63, 3.8) is 0 Å². The number of rotatable bonds is 7. The van der Waals surface area contributed by atoms with Gasteiger partial charge in [-0.05, 0) is 42.2 Å². The Labute approximate surface area is 174 Å². The van der Waals surface area contributed by atoms with Crippen LogP contribution in [-0.4, -0.2) is 10.9 Å². The molecule has 0 saturated heterocycles. The molecule has 0 radical (unpaired) electrons. The third kappa shape index (κ3) is 5.31. The molecule has 1 amide bonds. The Morgan fingerprint density at radius 3 is 2.48 bits per heavy atom. The molecular weight excluding hydrogens is 380 g/mol. The first-order chi connectivity index (χ1) is 14.0. The molecular formula is C23H22N4OS. The van der Waals surface area contributed by atoms with E-state index in [4.69, 9.17) is 5.73 Å². The molecule has 0 aliphatic carbocycles. The number of aromatic nitrogens is 1. The molecule has 0 unspecified atom stereocenters. The lowest BCUT2D eigenvalue weighted by atomic mass is 10.0. The van der Waals surface area contributed by atoms with E-state index in [9.17, 15) is 10.1 Å². The monoisotopic (exact) mass is 402 g/mol. The molecule has 6 heteroatoms. The summed E-state index contributed by atoms with van der Waals surface area (Å²) in [7, 11) is 0. The van der Waals surface area contributed by atoms with Crippen LogP contribution in [0.25, 0.3) is 16.8 Å². The van der Waals surface area contributed by atoms with Gasteiger partial charge >= 0.3 is 0 Å². The number of amides is 1. The van der Waals surface area contributed by atoms with Gasteiger partial charge in [0, 0.05) is 28.4 Å². The lowest BCUT2D eigenvalue weighted by Crippen LogP contribution is -2.10. The minimum atomic E-state index is -0.475. The van der Waals surface area contributed by atoms with Gasteiger partial charge in [-0.15, -0.1) is 11.3 Å². The van der Waals surface area contributed by atoms with E-state index in [2.05, 4.69) is 54.5 Å². The molecule has 5 nitrogen and oxygen atoms in total. The molecule has 0 aliphatic rings. The Bertz CT molecular complexity index is 1060. The van der Waals surface area contributed by atoms with Crippen LogP contribution in [0.4, 0.5) is 5.69 Å². The van der Waals surface area contributed by atoms with Crippen LogP contribution in [0.3, 0.4) is 0 Å². The number of nitrogens with one attached hydrogen (secondary N) is 1. The van der Waals surface area contributed by atoms with Crippen molar-refractivity contribution in [2.45, 2.75) is 20.3 Å². The maximum atomic E-state index is 11.1. The molecule has 0 atom stereocenters. The summed E-state index contributed by atoms with van der Waals surface area (Å²) in [5, 5.41) is 15.2. The first kappa shape index (κ1) is 20.3. The predicted octanol–water partition coefficient (Wildman–Crippen LogP) is 5.08. The molecule has 1 aromatic heterocycles. The first-order valence-electron chi connectivity index (χ1n) is 9.28. The number of nitrogens with zero attached hydrogens (tertiary/aromatic N) is 2. The van der Waals surface area contributed by atoms with Crippen molar-refractivity contribution < 1.29 is 4.79 Å². The topological polar surface area (TPSA) is 91.8 Å². The number of primary amides is 1. The molecule has 0 saturated carbocycles. The third-order valence-electron chi connectivity index (χ3n) is 4.30. The van der Waals surface area contributed by atoms with Crippen molar-refractivity contribution in [1.82, 2.24) is 4.98 Å². The lowest BCUT2D eigenvalue weighted by Gasteiger charge is -2.05. The molecule has 2 aromatic carbocycles. The van der Waals surface area contributed by atoms with Crippen molar-refractivity contribution in [2.75, 3.05) is 5.32 Å². The zero-order valence-electron chi connectivity index (χ0n) is 16.3. The summed E-state index contributed by atoms with van der Waals surface area (Å²) >= 11 is 1.43. The minimum Gasteiger partial charge on any atom is -0.366 e. The molecule has 0 spiro atoms. The molecule has 29 heavy (non-hydrogen) atoms. The summed E-state index contributed by atoms with van der Waals surface area (Å²) in [5.41, 5.74) is 10.1. The number of thiazole rings is 1. The minimum absolute atomic E-state index is 0.434. The Balaban J connectivity index is 1.74. The second-order valence-electron chi connectivity index (χ2n) is 7.09. The Morgan fingerprint density at radius 1 is 1.21 bits per heavy atom. The van der Waals surface area contributed by atoms with Gasteiger partial charge in [0.2, 0.25) is 5.91 Å². The lowest BCUT2D eigenvalue weighted by molar-refractivity contribution is 0.100. The highest BCUT2D eigenvalue weighted by atomic mass is 32.1. The van der Waals surface area contributed by atoms with E-state index in [1.165, 1.54) is 16.9 Å². The van der Waals surface area contributed by atoms with E-state index in [1.807, 2.05) is 5.38 Å². The highest BCUT2D eigenvalue weighted by Gasteiger charge is 2.09. The van der Waals surface area contributed by atoms with Crippen molar-refractivity contribution in [2.24, 2.45) is 11.7 Å². The SMILES string of the molecule is CC(C)Cc1ccc(-c2csc(/C(C#N)=C/Nc3ccc(C(N)=O)cc3)n2)cc1. The second kappa shape index (κ2) is 9.18. The molecule has 3 aromatic rings. The fraction of sp³-hybridized carbons (Fsp3) is 0.174. The van der Waals surface area contributed by atoms with E-state index < -0.39 is 5.91 Å². The predicted molar refractivity (Wildman–Crippen MR) is 118 cm³/mol.